The minimum absolute atomic E-state index is 0.0861. The lowest BCUT2D eigenvalue weighted by Gasteiger charge is -2.18. The number of ether oxygens (including phenoxy) is 2. The Morgan fingerprint density at radius 3 is 2.24 bits per heavy atom. The molecule has 4 rings (SSSR count). The highest BCUT2D eigenvalue weighted by atomic mass is 35.5. The van der Waals surface area contributed by atoms with E-state index in [1.807, 2.05) is 44.2 Å². The van der Waals surface area contributed by atoms with Crippen molar-refractivity contribution < 1.29 is 29.6 Å². The number of aliphatic hydroxyl groups excluding tert-OH is 2. The summed E-state index contributed by atoms with van der Waals surface area (Å²) in [6.45, 7) is 9.72. The highest BCUT2D eigenvalue weighted by Crippen LogP contribution is 2.36. The summed E-state index contributed by atoms with van der Waals surface area (Å²) in [7, 11) is 0. The molecule has 0 aromatic heterocycles. The largest absolute Gasteiger partial charge is 0.493 e. The lowest BCUT2D eigenvalue weighted by Crippen LogP contribution is -2.28. The van der Waals surface area contributed by atoms with Gasteiger partial charge in [0.1, 0.15) is 18.1 Å². The van der Waals surface area contributed by atoms with Gasteiger partial charge in [0, 0.05) is 25.6 Å². The summed E-state index contributed by atoms with van der Waals surface area (Å²) in [5, 5.41) is 31.4. The van der Waals surface area contributed by atoms with Gasteiger partial charge in [0.15, 0.2) is 0 Å². The molecule has 4 aromatic carbocycles. The Balaban J connectivity index is 1.46. The average molecular weight is 632 g/mol. The quantitative estimate of drug-likeness (QED) is 0.111. The van der Waals surface area contributed by atoms with Gasteiger partial charge in [0.2, 0.25) is 0 Å². The van der Waals surface area contributed by atoms with E-state index in [9.17, 15) is 15.0 Å². The molecule has 0 bridgehead atoms. The molecular weight excluding hydrogens is 590 g/mol. The van der Waals surface area contributed by atoms with Gasteiger partial charge in [-0.05, 0) is 95.1 Å². The maximum absolute atomic E-state index is 10.8. The molecule has 238 valence electrons. The van der Waals surface area contributed by atoms with Crippen LogP contribution in [-0.4, -0.2) is 47.2 Å². The molecule has 2 atom stereocenters. The highest BCUT2D eigenvalue weighted by Gasteiger charge is 2.15. The normalized spacial score (nSPS) is 12.5. The molecule has 4 aromatic rings. The highest BCUT2D eigenvalue weighted by molar-refractivity contribution is 6.32. The summed E-state index contributed by atoms with van der Waals surface area (Å²) in [5.41, 5.74) is 9.85. The van der Waals surface area contributed by atoms with E-state index in [0.717, 1.165) is 50.3 Å². The van der Waals surface area contributed by atoms with Crippen molar-refractivity contribution in [1.82, 2.24) is 5.32 Å². The first-order valence-electron chi connectivity index (χ1n) is 15.1. The van der Waals surface area contributed by atoms with Gasteiger partial charge in [-0.1, -0.05) is 67.1 Å². The molecule has 45 heavy (non-hydrogen) atoms. The monoisotopic (exact) mass is 631 g/mol. The first-order chi connectivity index (χ1) is 21.6. The van der Waals surface area contributed by atoms with E-state index in [0.29, 0.717) is 30.5 Å². The second kappa shape index (κ2) is 15.9. The Morgan fingerprint density at radius 2 is 1.56 bits per heavy atom. The van der Waals surface area contributed by atoms with Gasteiger partial charge >= 0.3 is 5.97 Å². The van der Waals surface area contributed by atoms with Crippen molar-refractivity contribution in [3.05, 3.63) is 106 Å². The third-order valence-electron chi connectivity index (χ3n) is 7.96. The predicted octanol–water partition coefficient (Wildman–Crippen LogP) is 7.11. The summed E-state index contributed by atoms with van der Waals surface area (Å²) in [6, 6.07) is 24.4. The van der Waals surface area contributed by atoms with Crippen molar-refractivity contribution >= 4 is 17.6 Å². The van der Waals surface area contributed by atoms with Gasteiger partial charge in [-0.2, -0.15) is 0 Å². The fourth-order valence-corrected chi connectivity index (χ4v) is 5.43. The van der Waals surface area contributed by atoms with Crippen LogP contribution in [0.15, 0.2) is 72.8 Å². The zero-order chi connectivity index (χ0) is 32.5. The van der Waals surface area contributed by atoms with Crippen molar-refractivity contribution in [3.8, 4) is 33.8 Å². The van der Waals surface area contributed by atoms with Crippen molar-refractivity contribution in [1.29, 1.82) is 0 Å². The minimum atomic E-state index is -1.03. The molecule has 0 aliphatic rings. The summed E-state index contributed by atoms with van der Waals surface area (Å²) in [6.07, 6.45) is -1.26. The lowest BCUT2D eigenvalue weighted by molar-refractivity contribution is -0.139. The van der Waals surface area contributed by atoms with E-state index in [1.54, 1.807) is 0 Å². The van der Waals surface area contributed by atoms with Crippen LogP contribution in [0, 0.1) is 26.7 Å². The summed E-state index contributed by atoms with van der Waals surface area (Å²) in [4.78, 5) is 10.8. The zero-order valence-electron chi connectivity index (χ0n) is 26.3. The van der Waals surface area contributed by atoms with Crippen LogP contribution < -0.4 is 14.8 Å². The summed E-state index contributed by atoms with van der Waals surface area (Å²) < 4.78 is 12.0. The van der Waals surface area contributed by atoms with Gasteiger partial charge in [-0.3, -0.25) is 4.79 Å². The number of rotatable bonds is 15. The van der Waals surface area contributed by atoms with Crippen LogP contribution in [0.5, 0.6) is 11.5 Å². The van der Waals surface area contributed by atoms with Crippen molar-refractivity contribution in [3.63, 3.8) is 0 Å². The molecule has 0 saturated carbocycles. The van der Waals surface area contributed by atoms with Crippen LogP contribution in [0.1, 0.15) is 41.2 Å². The van der Waals surface area contributed by atoms with Crippen LogP contribution in [0.25, 0.3) is 22.3 Å². The molecule has 0 spiro atoms. The summed E-state index contributed by atoms with van der Waals surface area (Å²) in [5.74, 6) is 0.423. The number of hydrogen-bond acceptors (Lipinski definition) is 6. The van der Waals surface area contributed by atoms with Crippen LogP contribution in [0.2, 0.25) is 5.02 Å². The number of benzene rings is 4. The smallest absolute Gasteiger partial charge is 0.306 e. The SMILES string of the molecule is Cc1cc(OCc2cccc(-c3cccc(-c4ccc(OC[C@@H](C)CO)cc4)c3C)c2C)c(Cl)cc1CNC[C@@H](O)CC(=O)O. The maximum Gasteiger partial charge on any atom is 0.306 e. The topological polar surface area (TPSA) is 108 Å². The van der Waals surface area contributed by atoms with Crippen molar-refractivity contribution in [2.75, 3.05) is 19.8 Å². The standard InChI is InChI=1S/C37H42ClNO6/c1-23(20-40)21-44-31-13-11-27(12-14-31)32-8-6-10-34(26(32)4)33-9-5-7-28(25(33)3)22-45-36-15-24(2)29(16-35(36)38)18-39-19-30(41)17-37(42)43/h5-16,23,30,39-41H,17-22H2,1-4H3,(H,42,43)/t23-,30-/m0/s1. The number of nitrogens with one attached hydrogen (secondary N) is 1. The second-order valence-corrected chi connectivity index (χ2v) is 12.0. The number of hydrogen-bond donors (Lipinski definition) is 4. The molecule has 0 aliphatic carbocycles. The fourth-order valence-electron chi connectivity index (χ4n) is 5.19. The minimum Gasteiger partial charge on any atom is -0.493 e. The maximum atomic E-state index is 10.8. The van der Waals surface area contributed by atoms with E-state index in [-0.39, 0.29) is 25.5 Å². The molecule has 4 N–H and O–H groups in total. The van der Waals surface area contributed by atoms with E-state index in [1.165, 1.54) is 5.56 Å². The molecule has 7 nitrogen and oxygen atoms in total. The zero-order valence-corrected chi connectivity index (χ0v) is 27.0. The van der Waals surface area contributed by atoms with E-state index in [2.05, 4.69) is 61.6 Å². The first kappa shape index (κ1) is 34.0. The number of aliphatic carboxylic acids is 1. The van der Waals surface area contributed by atoms with Crippen molar-refractivity contribution in [2.45, 2.75) is 53.4 Å². The first-order valence-corrected chi connectivity index (χ1v) is 15.5. The summed E-state index contributed by atoms with van der Waals surface area (Å²) >= 11 is 6.59. The Labute approximate surface area is 270 Å². The second-order valence-electron chi connectivity index (χ2n) is 11.6. The molecular formula is C37H42ClNO6. The molecule has 8 heteroatoms. The van der Waals surface area contributed by atoms with Crippen LogP contribution in [-0.2, 0) is 17.9 Å². The van der Waals surface area contributed by atoms with Crippen molar-refractivity contribution in [2.24, 2.45) is 5.92 Å². The molecule has 0 heterocycles. The van der Waals surface area contributed by atoms with Crippen LogP contribution in [0.4, 0.5) is 0 Å². The van der Waals surface area contributed by atoms with Gasteiger partial charge < -0.3 is 30.1 Å². The van der Waals surface area contributed by atoms with Gasteiger partial charge in [-0.25, -0.2) is 0 Å². The Bertz CT molecular complexity index is 1600. The Kier molecular flexibility index (Phi) is 12.0. The van der Waals surface area contributed by atoms with Gasteiger partial charge in [0.25, 0.3) is 0 Å². The van der Waals surface area contributed by atoms with Gasteiger partial charge in [-0.15, -0.1) is 0 Å². The predicted molar refractivity (Wildman–Crippen MR) is 179 cm³/mol. The molecule has 0 amide bonds. The van der Waals surface area contributed by atoms with E-state index >= 15 is 0 Å². The van der Waals surface area contributed by atoms with E-state index < -0.39 is 12.1 Å². The van der Waals surface area contributed by atoms with Gasteiger partial charge in [0.05, 0.1) is 24.2 Å². The fraction of sp³-hybridized carbons (Fsp3) is 0.324. The number of aliphatic hydroxyl groups is 2. The van der Waals surface area contributed by atoms with Crippen LogP contribution >= 0.6 is 11.6 Å². The molecule has 0 fully saturated rings. The Hall–Kier alpha value is -3.88. The number of carboxylic acids is 1. The Morgan fingerprint density at radius 1 is 0.889 bits per heavy atom. The molecule has 0 radical (unpaired) electrons. The average Bonchev–Trinajstić information content (AvgIpc) is 3.01. The molecule has 0 unspecified atom stereocenters. The number of carbonyl (C=O) groups is 1. The van der Waals surface area contributed by atoms with Crippen LogP contribution in [0.3, 0.4) is 0 Å². The number of carboxylic acid groups (broad SMARTS) is 1. The van der Waals surface area contributed by atoms with E-state index in [4.69, 9.17) is 26.2 Å². The number of halogens is 1. The third kappa shape index (κ3) is 9.08. The molecule has 0 aliphatic heterocycles. The lowest BCUT2D eigenvalue weighted by atomic mass is 9.89. The molecule has 0 saturated heterocycles. The number of aryl methyl sites for hydroxylation is 1. The third-order valence-corrected chi connectivity index (χ3v) is 8.26.